The normalized spacial score (nSPS) is 21.6. The van der Waals surface area contributed by atoms with E-state index in [4.69, 9.17) is 4.74 Å². The summed E-state index contributed by atoms with van der Waals surface area (Å²) in [7, 11) is 0. The molecule has 1 atom stereocenters. The monoisotopic (exact) mass is 276 g/mol. The summed E-state index contributed by atoms with van der Waals surface area (Å²) < 4.78 is 6.13. The molecule has 0 aliphatic carbocycles. The predicted octanol–water partition coefficient (Wildman–Crippen LogP) is 3.63. The number of hydrogen-bond acceptors (Lipinski definition) is 3. The zero-order valence-corrected chi connectivity index (χ0v) is 13.3. The van der Waals surface area contributed by atoms with Crippen LogP contribution in [-0.4, -0.2) is 16.5 Å². The van der Waals surface area contributed by atoms with Crippen LogP contribution in [0.25, 0.3) is 0 Å². The molecule has 20 heavy (non-hydrogen) atoms. The largest absolute Gasteiger partial charge is 0.507 e. The van der Waals surface area contributed by atoms with Crippen molar-refractivity contribution in [1.82, 2.24) is 0 Å². The maximum absolute atomic E-state index is 12.4. The molecule has 0 saturated heterocycles. The van der Waals surface area contributed by atoms with Crippen LogP contribution in [0.3, 0.4) is 0 Å². The third-order valence-electron chi connectivity index (χ3n) is 4.57. The molecule has 3 nitrogen and oxygen atoms in total. The van der Waals surface area contributed by atoms with E-state index in [0.29, 0.717) is 12.2 Å². The summed E-state index contributed by atoms with van der Waals surface area (Å²) in [4.78, 5) is 12.4. The first-order valence-corrected chi connectivity index (χ1v) is 7.24. The van der Waals surface area contributed by atoms with Crippen molar-refractivity contribution < 1.29 is 14.6 Å². The average molecular weight is 276 g/mol. The number of carbonyl (C=O) groups excluding carboxylic acids is 1. The number of Topliss-reactive ketones (excluding diaryl/α,β-unsaturated/α-hetero) is 1. The van der Waals surface area contributed by atoms with Gasteiger partial charge in [-0.05, 0) is 57.2 Å². The number of ketones is 1. The van der Waals surface area contributed by atoms with Crippen LogP contribution in [0.1, 0.15) is 49.4 Å². The minimum absolute atomic E-state index is 0.0406. The number of ether oxygens (including phenoxy) is 1. The van der Waals surface area contributed by atoms with Crippen molar-refractivity contribution in [1.29, 1.82) is 0 Å². The summed E-state index contributed by atoms with van der Waals surface area (Å²) in [6.45, 7) is 11.4. The van der Waals surface area contributed by atoms with Gasteiger partial charge in [-0.1, -0.05) is 13.8 Å². The molecule has 1 aromatic carbocycles. The lowest BCUT2D eigenvalue weighted by Crippen LogP contribution is -2.46. The third kappa shape index (κ3) is 2.09. The number of benzene rings is 1. The third-order valence-corrected chi connectivity index (χ3v) is 4.57. The molecular formula is C17H24O3. The van der Waals surface area contributed by atoms with Crippen molar-refractivity contribution >= 4 is 5.78 Å². The molecule has 110 valence electrons. The molecule has 1 aromatic rings. The number of carbonyl (C=O) groups is 1. The summed E-state index contributed by atoms with van der Waals surface area (Å²) in [5, 5.41) is 10.1. The highest BCUT2D eigenvalue weighted by Crippen LogP contribution is 2.43. The van der Waals surface area contributed by atoms with E-state index in [0.717, 1.165) is 34.4 Å². The summed E-state index contributed by atoms with van der Waals surface area (Å²) in [5.74, 6) is 1.25. The number of aromatic hydroxyl groups is 1. The van der Waals surface area contributed by atoms with Crippen LogP contribution in [0.15, 0.2) is 0 Å². The van der Waals surface area contributed by atoms with Gasteiger partial charge in [0.2, 0.25) is 0 Å². The van der Waals surface area contributed by atoms with Gasteiger partial charge in [0, 0.05) is 11.5 Å². The molecule has 1 aliphatic rings. The average Bonchev–Trinajstić information content (AvgIpc) is 2.41. The topological polar surface area (TPSA) is 46.5 Å². The zero-order chi connectivity index (χ0) is 15.2. The van der Waals surface area contributed by atoms with E-state index in [9.17, 15) is 9.90 Å². The quantitative estimate of drug-likeness (QED) is 0.897. The van der Waals surface area contributed by atoms with Crippen LogP contribution in [0.4, 0.5) is 0 Å². The summed E-state index contributed by atoms with van der Waals surface area (Å²) >= 11 is 0. The maximum Gasteiger partial charge on any atom is 0.178 e. The summed E-state index contributed by atoms with van der Waals surface area (Å²) in [6, 6.07) is 0. The van der Waals surface area contributed by atoms with E-state index in [1.807, 2.05) is 41.5 Å². The fraction of sp³-hybridized carbons (Fsp3) is 0.588. The van der Waals surface area contributed by atoms with Crippen molar-refractivity contribution in [3.8, 4) is 11.5 Å². The van der Waals surface area contributed by atoms with E-state index < -0.39 is 5.60 Å². The minimum Gasteiger partial charge on any atom is -0.507 e. The number of phenols is 1. The van der Waals surface area contributed by atoms with Gasteiger partial charge in [-0.2, -0.15) is 0 Å². The SMILES string of the molecule is Cc1c(C)c2c(c(C)c1O)CC[C@@](C)(C(=O)C(C)C)O2. The van der Waals surface area contributed by atoms with Crippen molar-refractivity contribution in [3.05, 3.63) is 22.3 Å². The molecule has 1 aliphatic heterocycles. The first-order valence-electron chi connectivity index (χ1n) is 7.24. The van der Waals surface area contributed by atoms with E-state index in [-0.39, 0.29) is 11.7 Å². The number of phenolic OH excluding ortho intramolecular Hbond substituents is 1. The fourth-order valence-corrected chi connectivity index (χ4v) is 3.03. The Morgan fingerprint density at radius 2 is 1.80 bits per heavy atom. The van der Waals surface area contributed by atoms with Crippen LogP contribution in [0, 0.1) is 26.7 Å². The van der Waals surface area contributed by atoms with Crippen LogP contribution < -0.4 is 4.74 Å². The molecule has 2 rings (SSSR count). The summed E-state index contributed by atoms with van der Waals surface area (Å²) in [6.07, 6.45) is 1.44. The second kappa shape index (κ2) is 4.80. The van der Waals surface area contributed by atoms with Crippen LogP contribution in [0.2, 0.25) is 0 Å². The summed E-state index contributed by atoms with van der Waals surface area (Å²) in [5.41, 5.74) is 2.94. The molecule has 0 bridgehead atoms. The van der Waals surface area contributed by atoms with Gasteiger partial charge in [0.1, 0.15) is 11.5 Å². The smallest absolute Gasteiger partial charge is 0.178 e. The lowest BCUT2D eigenvalue weighted by atomic mass is 9.82. The Bertz CT molecular complexity index is 572. The highest BCUT2D eigenvalue weighted by molar-refractivity contribution is 5.89. The lowest BCUT2D eigenvalue weighted by Gasteiger charge is -2.37. The Hall–Kier alpha value is -1.51. The van der Waals surface area contributed by atoms with E-state index in [1.165, 1.54) is 0 Å². The van der Waals surface area contributed by atoms with Crippen molar-refractivity contribution in [2.75, 3.05) is 0 Å². The van der Waals surface area contributed by atoms with Gasteiger partial charge in [0.15, 0.2) is 11.4 Å². The highest BCUT2D eigenvalue weighted by atomic mass is 16.5. The molecule has 0 aromatic heterocycles. The van der Waals surface area contributed by atoms with Crippen LogP contribution in [0.5, 0.6) is 11.5 Å². The molecule has 0 saturated carbocycles. The molecule has 1 N–H and O–H groups in total. The van der Waals surface area contributed by atoms with Gasteiger partial charge in [0.25, 0.3) is 0 Å². The van der Waals surface area contributed by atoms with E-state index in [1.54, 1.807) is 0 Å². The Kier molecular flexibility index (Phi) is 3.57. The minimum atomic E-state index is -0.748. The van der Waals surface area contributed by atoms with Gasteiger partial charge in [-0.3, -0.25) is 4.79 Å². The van der Waals surface area contributed by atoms with Crippen LogP contribution in [-0.2, 0) is 11.2 Å². The van der Waals surface area contributed by atoms with E-state index >= 15 is 0 Å². The molecular weight excluding hydrogens is 252 g/mol. The highest BCUT2D eigenvalue weighted by Gasteiger charge is 2.41. The molecule has 0 spiro atoms. The standard InChI is InChI=1S/C17H24O3/c1-9(2)16(19)17(6)8-7-13-12(5)14(18)10(3)11(4)15(13)20-17/h9,18H,7-8H2,1-6H3/t17-/m0/s1. The van der Waals surface area contributed by atoms with E-state index in [2.05, 4.69) is 0 Å². The maximum atomic E-state index is 12.4. The first kappa shape index (κ1) is 14.9. The van der Waals surface area contributed by atoms with Gasteiger partial charge >= 0.3 is 0 Å². The molecule has 0 radical (unpaired) electrons. The van der Waals surface area contributed by atoms with Gasteiger partial charge in [-0.15, -0.1) is 0 Å². The molecule has 0 unspecified atom stereocenters. The van der Waals surface area contributed by atoms with Crippen molar-refractivity contribution in [3.63, 3.8) is 0 Å². The molecule has 0 fully saturated rings. The second-order valence-corrected chi connectivity index (χ2v) is 6.38. The number of hydrogen-bond donors (Lipinski definition) is 1. The molecule has 3 heteroatoms. The first-order chi connectivity index (χ1) is 9.19. The fourth-order valence-electron chi connectivity index (χ4n) is 3.03. The molecule has 0 amide bonds. The number of rotatable bonds is 2. The second-order valence-electron chi connectivity index (χ2n) is 6.38. The van der Waals surface area contributed by atoms with Crippen molar-refractivity contribution in [2.24, 2.45) is 5.92 Å². The Balaban J connectivity index is 2.53. The Morgan fingerprint density at radius 3 is 2.35 bits per heavy atom. The van der Waals surface area contributed by atoms with Crippen molar-refractivity contribution in [2.45, 2.75) is 60.0 Å². The molecule has 1 heterocycles. The number of fused-ring (bicyclic) bond motifs is 1. The predicted molar refractivity (Wildman–Crippen MR) is 79.5 cm³/mol. The Labute approximate surface area is 121 Å². The van der Waals surface area contributed by atoms with Gasteiger partial charge in [0.05, 0.1) is 0 Å². The zero-order valence-electron chi connectivity index (χ0n) is 13.3. The van der Waals surface area contributed by atoms with Gasteiger partial charge < -0.3 is 9.84 Å². The van der Waals surface area contributed by atoms with Gasteiger partial charge in [-0.25, -0.2) is 0 Å². The van der Waals surface area contributed by atoms with Crippen LogP contribution >= 0.6 is 0 Å². The lowest BCUT2D eigenvalue weighted by molar-refractivity contribution is -0.137. The Morgan fingerprint density at radius 1 is 1.20 bits per heavy atom.